The van der Waals surface area contributed by atoms with Gasteiger partial charge in [-0.2, -0.15) is 5.10 Å². The standard InChI is InChI=1S/C28H29F2N3O/c1-16(2)26-20(27(34)31-28(5,6)19-12-10-17(3)11-13-19)14-15-23-24(18(4)32-33(23)26)25-21(29)8-7-9-22(25)30/h7-16H,1-6H3,(H,31,34). The molecule has 0 aliphatic carbocycles. The Labute approximate surface area is 198 Å². The van der Waals surface area contributed by atoms with Crippen LogP contribution in [0.3, 0.4) is 0 Å². The van der Waals surface area contributed by atoms with Crippen LogP contribution < -0.4 is 5.32 Å². The molecule has 0 atom stereocenters. The fourth-order valence-electron chi connectivity index (χ4n) is 4.43. The summed E-state index contributed by atoms with van der Waals surface area (Å²) in [4.78, 5) is 13.5. The number of aromatic nitrogens is 2. The number of halogens is 2. The number of nitrogens with zero attached hydrogens (tertiary/aromatic N) is 2. The molecule has 4 rings (SSSR count). The number of pyridine rings is 1. The third-order valence-electron chi connectivity index (χ3n) is 6.21. The van der Waals surface area contributed by atoms with Gasteiger partial charge in [-0.15, -0.1) is 0 Å². The first-order valence-electron chi connectivity index (χ1n) is 11.4. The van der Waals surface area contributed by atoms with Crippen molar-refractivity contribution in [1.82, 2.24) is 14.9 Å². The molecule has 2 aromatic carbocycles. The van der Waals surface area contributed by atoms with Crippen molar-refractivity contribution in [2.24, 2.45) is 0 Å². The van der Waals surface area contributed by atoms with E-state index in [2.05, 4.69) is 10.4 Å². The zero-order valence-corrected chi connectivity index (χ0v) is 20.3. The molecule has 34 heavy (non-hydrogen) atoms. The van der Waals surface area contributed by atoms with E-state index in [9.17, 15) is 13.6 Å². The predicted molar refractivity (Wildman–Crippen MR) is 131 cm³/mol. The van der Waals surface area contributed by atoms with Crippen LogP contribution in [-0.2, 0) is 5.54 Å². The van der Waals surface area contributed by atoms with E-state index in [0.717, 1.165) is 11.1 Å². The number of carbonyl (C=O) groups excluding carboxylic acids is 1. The number of rotatable bonds is 5. The summed E-state index contributed by atoms with van der Waals surface area (Å²) in [5.41, 5.74) is 4.02. The van der Waals surface area contributed by atoms with Crippen molar-refractivity contribution in [3.05, 3.63) is 94.3 Å². The van der Waals surface area contributed by atoms with Crippen molar-refractivity contribution >= 4 is 11.4 Å². The van der Waals surface area contributed by atoms with E-state index in [1.807, 2.05) is 58.9 Å². The first-order chi connectivity index (χ1) is 16.0. The molecule has 0 aliphatic rings. The largest absolute Gasteiger partial charge is 0.343 e. The molecule has 0 unspecified atom stereocenters. The Kier molecular flexibility index (Phi) is 6.02. The molecule has 6 heteroatoms. The maximum absolute atomic E-state index is 14.6. The van der Waals surface area contributed by atoms with E-state index in [1.165, 1.54) is 18.2 Å². The number of hydrogen-bond acceptors (Lipinski definition) is 2. The minimum Gasteiger partial charge on any atom is -0.343 e. The Bertz CT molecular complexity index is 1370. The second-order valence-corrected chi connectivity index (χ2v) is 9.59. The van der Waals surface area contributed by atoms with Crippen LogP contribution in [0.15, 0.2) is 54.6 Å². The number of fused-ring (bicyclic) bond motifs is 1. The topological polar surface area (TPSA) is 46.4 Å². The number of aryl methyl sites for hydroxylation is 2. The maximum Gasteiger partial charge on any atom is 0.253 e. The molecule has 176 valence electrons. The molecule has 0 fully saturated rings. The molecular weight excluding hydrogens is 432 g/mol. The van der Waals surface area contributed by atoms with E-state index in [-0.39, 0.29) is 17.4 Å². The Morgan fingerprint density at radius 3 is 2.15 bits per heavy atom. The van der Waals surface area contributed by atoms with Crippen molar-refractivity contribution in [3.63, 3.8) is 0 Å². The lowest BCUT2D eigenvalue weighted by atomic mass is 9.92. The zero-order valence-electron chi connectivity index (χ0n) is 20.3. The first-order valence-corrected chi connectivity index (χ1v) is 11.4. The zero-order chi connectivity index (χ0) is 24.8. The maximum atomic E-state index is 14.6. The van der Waals surface area contributed by atoms with Gasteiger partial charge in [0.1, 0.15) is 11.6 Å². The molecule has 4 nitrogen and oxygen atoms in total. The van der Waals surface area contributed by atoms with Crippen LogP contribution in [0.25, 0.3) is 16.6 Å². The van der Waals surface area contributed by atoms with Crippen molar-refractivity contribution < 1.29 is 13.6 Å². The summed E-state index contributed by atoms with van der Waals surface area (Å²) < 4.78 is 30.9. The van der Waals surface area contributed by atoms with Gasteiger partial charge in [-0.25, -0.2) is 13.3 Å². The Morgan fingerprint density at radius 2 is 1.56 bits per heavy atom. The average molecular weight is 462 g/mol. The summed E-state index contributed by atoms with van der Waals surface area (Å²) in [5.74, 6) is -1.59. The lowest BCUT2D eigenvalue weighted by Crippen LogP contribution is -2.41. The van der Waals surface area contributed by atoms with E-state index in [1.54, 1.807) is 23.6 Å². The van der Waals surface area contributed by atoms with Crippen molar-refractivity contribution in [1.29, 1.82) is 0 Å². The number of benzene rings is 2. The Morgan fingerprint density at radius 1 is 0.941 bits per heavy atom. The van der Waals surface area contributed by atoms with Gasteiger partial charge in [0.25, 0.3) is 5.91 Å². The molecule has 0 aliphatic heterocycles. The van der Waals surface area contributed by atoms with Crippen LogP contribution in [0, 0.1) is 25.5 Å². The van der Waals surface area contributed by atoms with Crippen LogP contribution in [0.1, 0.15) is 66.5 Å². The molecule has 0 saturated carbocycles. The predicted octanol–water partition coefficient (Wildman–Crippen LogP) is 6.68. The van der Waals surface area contributed by atoms with Crippen LogP contribution in [0.5, 0.6) is 0 Å². The highest BCUT2D eigenvalue weighted by Gasteiger charge is 2.28. The molecule has 1 N–H and O–H groups in total. The van der Waals surface area contributed by atoms with Crippen molar-refractivity contribution in [2.45, 2.75) is 53.0 Å². The normalized spacial score (nSPS) is 11.9. The second-order valence-electron chi connectivity index (χ2n) is 9.59. The summed E-state index contributed by atoms with van der Waals surface area (Å²) in [6.45, 7) is 11.6. The Hall–Kier alpha value is -3.54. The third-order valence-corrected chi connectivity index (χ3v) is 6.21. The summed E-state index contributed by atoms with van der Waals surface area (Å²) in [6.07, 6.45) is 0. The summed E-state index contributed by atoms with van der Waals surface area (Å²) in [5, 5.41) is 7.74. The molecule has 4 aromatic rings. The summed E-state index contributed by atoms with van der Waals surface area (Å²) in [6, 6.07) is 15.3. The molecular formula is C28H29F2N3O. The van der Waals surface area contributed by atoms with Gasteiger partial charge in [-0.3, -0.25) is 4.79 Å². The van der Waals surface area contributed by atoms with Crippen LogP contribution >= 0.6 is 0 Å². The quantitative estimate of drug-likeness (QED) is 0.360. The van der Waals surface area contributed by atoms with Crippen molar-refractivity contribution in [2.75, 3.05) is 0 Å². The lowest BCUT2D eigenvalue weighted by Gasteiger charge is -2.28. The van der Waals surface area contributed by atoms with Gasteiger partial charge in [0.2, 0.25) is 0 Å². The molecule has 1 amide bonds. The minimum atomic E-state index is -0.647. The van der Waals surface area contributed by atoms with Gasteiger partial charge in [0, 0.05) is 5.56 Å². The molecule has 0 spiro atoms. The Balaban J connectivity index is 1.83. The fraction of sp³-hybridized carbons (Fsp3) is 0.286. The molecule has 0 saturated heterocycles. The SMILES string of the molecule is Cc1ccc(C(C)(C)NC(=O)c2ccc3c(-c4c(F)cccc4F)c(C)nn3c2C(C)C)cc1. The molecule has 0 bridgehead atoms. The van der Waals surface area contributed by atoms with Gasteiger partial charge < -0.3 is 5.32 Å². The third kappa shape index (κ3) is 4.09. The van der Waals surface area contributed by atoms with E-state index in [0.29, 0.717) is 28.0 Å². The highest BCUT2D eigenvalue weighted by Crippen LogP contribution is 2.35. The van der Waals surface area contributed by atoms with E-state index < -0.39 is 17.2 Å². The fourth-order valence-corrected chi connectivity index (χ4v) is 4.43. The first kappa shape index (κ1) is 23.6. The number of amides is 1. The van der Waals surface area contributed by atoms with Crippen LogP contribution in [0.4, 0.5) is 8.78 Å². The highest BCUT2D eigenvalue weighted by molar-refractivity contribution is 5.97. The molecule has 2 aromatic heterocycles. The summed E-state index contributed by atoms with van der Waals surface area (Å²) >= 11 is 0. The van der Waals surface area contributed by atoms with E-state index in [4.69, 9.17) is 0 Å². The van der Waals surface area contributed by atoms with Crippen molar-refractivity contribution in [3.8, 4) is 11.1 Å². The average Bonchev–Trinajstić information content (AvgIpc) is 3.08. The van der Waals surface area contributed by atoms with Crippen LogP contribution in [-0.4, -0.2) is 15.5 Å². The number of carbonyl (C=O) groups is 1. The monoisotopic (exact) mass is 461 g/mol. The van der Waals surface area contributed by atoms with Crippen LogP contribution in [0.2, 0.25) is 0 Å². The lowest BCUT2D eigenvalue weighted by molar-refractivity contribution is 0.0910. The van der Waals surface area contributed by atoms with E-state index >= 15 is 0 Å². The minimum absolute atomic E-state index is 0.0652. The summed E-state index contributed by atoms with van der Waals surface area (Å²) in [7, 11) is 0. The van der Waals surface area contributed by atoms with Gasteiger partial charge in [0.15, 0.2) is 0 Å². The highest BCUT2D eigenvalue weighted by atomic mass is 19.1. The second kappa shape index (κ2) is 8.67. The van der Waals surface area contributed by atoms with Gasteiger partial charge >= 0.3 is 0 Å². The van der Waals surface area contributed by atoms with Gasteiger partial charge in [-0.1, -0.05) is 49.7 Å². The molecule has 2 heterocycles. The molecule has 0 radical (unpaired) electrons. The number of nitrogens with one attached hydrogen (secondary N) is 1. The van der Waals surface area contributed by atoms with Gasteiger partial charge in [-0.05, 0) is 63.4 Å². The smallest absolute Gasteiger partial charge is 0.253 e. The number of hydrogen-bond donors (Lipinski definition) is 1. The van der Waals surface area contributed by atoms with Gasteiger partial charge in [0.05, 0.1) is 33.6 Å².